The largest absolute Gasteiger partial charge is 0.497 e. The first-order valence-electron chi connectivity index (χ1n) is 6.27. The number of hydrogen-bond donors (Lipinski definition) is 2. The van der Waals surface area contributed by atoms with Crippen molar-refractivity contribution in [3.63, 3.8) is 0 Å². The molecule has 0 aliphatic heterocycles. The first-order chi connectivity index (χ1) is 8.61. The topological polar surface area (TPSA) is 72.6 Å². The van der Waals surface area contributed by atoms with E-state index < -0.39 is 12.0 Å². The number of hydrogen-bond acceptors (Lipinski definition) is 3. The van der Waals surface area contributed by atoms with Crippen LogP contribution in [-0.4, -0.2) is 24.2 Å². The van der Waals surface area contributed by atoms with Crippen molar-refractivity contribution in [3.8, 4) is 5.75 Å². The van der Waals surface area contributed by atoms with Gasteiger partial charge in [0, 0.05) is 5.92 Å². The molecule has 0 heterocycles. The van der Waals surface area contributed by atoms with Gasteiger partial charge in [-0.05, 0) is 47.9 Å². The van der Waals surface area contributed by atoms with Crippen molar-refractivity contribution in [1.29, 1.82) is 0 Å². The van der Waals surface area contributed by atoms with Gasteiger partial charge in [-0.25, -0.2) is 0 Å². The minimum absolute atomic E-state index is 0.145. The van der Waals surface area contributed by atoms with Crippen LogP contribution in [0.15, 0.2) is 18.2 Å². The lowest BCUT2D eigenvalue weighted by molar-refractivity contribution is -0.128. The Balaban J connectivity index is 2.03. The van der Waals surface area contributed by atoms with Crippen LogP contribution in [0, 0.1) is 5.92 Å². The first kappa shape index (κ1) is 11.5. The van der Waals surface area contributed by atoms with E-state index in [2.05, 4.69) is 0 Å². The number of carbonyl (C=O) groups is 1. The molecular weight excluding hydrogens is 230 g/mol. The van der Waals surface area contributed by atoms with E-state index in [1.165, 1.54) is 5.56 Å². The molecule has 3 aliphatic rings. The molecule has 0 aromatic heterocycles. The molecule has 2 bridgehead atoms. The number of aliphatic hydroxyl groups is 1. The molecule has 0 radical (unpaired) electrons. The van der Waals surface area contributed by atoms with Crippen molar-refractivity contribution in [2.75, 3.05) is 7.11 Å². The van der Waals surface area contributed by atoms with E-state index in [9.17, 15) is 9.90 Å². The smallest absolute Gasteiger partial charge is 0.246 e. The summed E-state index contributed by atoms with van der Waals surface area (Å²) in [5.41, 5.74) is 7.52. The molecule has 4 nitrogen and oxygen atoms in total. The molecule has 1 aromatic carbocycles. The predicted molar refractivity (Wildman–Crippen MR) is 66.4 cm³/mol. The second kappa shape index (κ2) is 3.99. The second-order valence-electron chi connectivity index (χ2n) is 5.30. The van der Waals surface area contributed by atoms with Crippen LogP contribution in [0.2, 0.25) is 0 Å². The number of amides is 1. The van der Waals surface area contributed by atoms with Crippen LogP contribution in [0.4, 0.5) is 0 Å². The highest BCUT2D eigenvalue weighted by molar-refractivity contribution is 5.80. The number of rotatable bonds is 3. The van der Waals surface area contributed by atoms with Gasteiger partial charge in [-0.15, -0.1) is 0 Å². The summed E-state index contributed by atoms with van der Waals surface area (Å²) in [6.07, 6.45) is 0.994. The zero-order chi connectivity index (χ0) is 12.9. The lowest BCUT2D eigenvalue weighted by atomic mass is 9.56. The van der Waals surface area contributed by atoms with Crippen LogP contribution in [0.3, 0.4) is 0 Å². The lowest BCUT2D eigenvalue weighted by Crippen LogP contribution is -2.44. The fraction of sp³-hybridized carbons (Fsp3) is 0.500. The number of methoxy groups -OCH3 is 1. The van der Waals surface area contributed by atoms with Crippen molar-refractivity contribution >= 4 is 5.91 Å². The fourth-order valence-electron chi connectivity index (χ4n) is 3.40. The number of aliphatic hydroxyl groups excluding tert-OH is 1. The average molecular weight is 247 g/mol. The zero-order valence-electron chi connectivity index (χ0n) is 10.3. The highest BCUT2D eigenvalue weighted by Gasteiger charge is 2.47. The second-order valence-corrected chi connectivity index (χ2v) is 5.30. The third-order valence-corrected chi connectivity index (χ3v) is 4.41. The van der Waals surface area contributed by atoms with Crippen molar-refractivity contribution in [2.45, 2.75) is 30.8 Å². The molecule has 96 valence electrons. The maximum Gasteiger partial charge on any atom is 0.246 e. The fourth-order valence-corrected chi connectivity index (χ4v) is 3.40. The summed E-state index contributed by atoms with van der Waals surface area (Å²) in [4.78, 5) is 11.2. The molecule has 3 N–H and O–H groups in total. The molecular formula is C14H17NO3. The summed E-state index contributed by atoms with van der Waals surface area (Å²) in [7, 11) is 1.64. The van der Waals surface area contributed by atoms with Crippen LogP contribution in [0.25, 0.3) is 0 Å². The van der Waals surface area contributed by atoms with E-state index in [4.69, 9.17) is 10.5 Å². The molecule has 1 saturated carbocycles. The molecule has 4 heteroatoms. The Bertz CT molecular complexity index is 494. The summed E-state index contributed by atoms with van der Waals surface area (Å²) < 4.78 is 5.23. The Morgan fingerprint density at radius 3 is 2.78 bits per heavy atom. The summed E-state index contributed by atoms with van der Waals surface area (Å²) in [6.45, 7) is 0. The van der Waals surface area contributed by atoms with Gasteiger partial charge in [0.1, 0.15) is 11.9 Å². The standard InChI is InChI=1S/C14H17NO3/c1-18-9-2-3-10-11(6-9)7-4-8(5-7)12(10)13(16)14(15)17/h2-3,6-8,12-13,16H,4-5H2,1H3,(H2,15,17)/t7?,8?,12-,13?/m1/s1. The van der Waals surface area contributed by atoms with E-state index in [-0.39, 0.29) is 5.92 Å². The Labute approximate surface area is 106 Å². The van der Waals surface area contributed by atoms with E-state index >= 15 is 0 Å². The number of carbonyl (C=O) groups excluding carboxylic acids is 1. The normalized spacial score (nSPS) is 30.0. The van der Waals surface area contributed by atoms with Gasteiger partial charge in [-0.3, -0.25) is 4.79 Å². The predicted octanol–water partition coefficient (Wildman–Crippen LogP) is 1.13. The Hall–Kier alpha value is -1.55. The molecule has 1 fully saturated rings. The molecule has 4 rings (SSSR count). The van der Waals surface area contributed by atoms with Gasteiger partial charge >= 0.3 is 0 Å². The van der Waals surface area contributed by atoms with Gasteiger partial charge < -0.3 is 15.6 Å². The number of primary amides is 1. The third kappa shape index (κ3) is 1.52. The van der Waals surface area contributed by atoms with E-state index in [0.29, 0.717) is 11.8 Å². The molecule has 2 atom stereocenters. The van der Waals surface area contributed by atoms with Gasteiger partial charge in [0.2, 0.25) is 5.91 Å². The first-order valence-corrected chi connectivity index (χ1v) is 6.27. The molecule has 18 heavy (non-hydrogen) atoms. The number of ether oxygens (including phenoxy) is 1. The average Bonchev–Trinajstić information content (AvgIpc) is 2.34. The van der Waals surface area contributed by atoms with Crippen LogP contribution >= 0.6 is 0 Å². The van der Waals surface area contributed by atoms with Gasteiger partial charge in [0.05, 0.1) is 7.11 Å². The van der Waals surface area contributed by atoms with Crippen molar-refractivity contribution in [3.05, 3.63) is 29.3 Å². The van der Waals surface area contributed by atoms with Gasteiger partial charge in [-0.2, -0.15) is 0 Å². The highest BCUT2D eigenvalue weighted by atomic mass is 16.5. The monoisotopic (exact) mass is 247 g/mol. The Kier molecular flexibility index (Phi) is 2.55. The Morgan fingerprint density at radius 2 is 2.17 bits per heavy atom. The van der Waals surface area contributed by atoms with Gasteiger partial charge in [0.15, 0.2) is 0 Å². The van der Waals surface area contributed by atoms with E-state index in [0.717, 1.165) is 24.2 Å². The van der Waals surface area contributed by atoms with E-state index in [1.54, 1.807) is 7.11 Å². The van der Waals surface area contributed by atoms with Crippen LogP contribution in [0.5, 0.6) is 5.75 Å². The van der Waals surface area contributed by atoms with Gasteiger partial charge in [-0.1, -0.05) is 6.07 Å². The minimum Gasteiger partial charge on any atom is -0.497 e. The minimum atomic E-state index is -1.08. The SMILES string of the molecule is COc1ccc2c(c1)C1CC(C1)[C@H]2C(O)C(N)=O. The maximum absolute atomic E-state index is 11.2. The molecule has 3 aliphatic carbocycles. The summed E-state index contributed by atoms with van der Waals surface area (Å²) >= 11 is 0. The number of benzene rings is 1. The lowest BCUT2D eigenvalue weighted by Gasteiger charge is -2.49. The van der Waals surface area contributed by atoms with Crippen molar-refractivity contribution < 1.29 is 14.6 Å². The van der Waals surface area contributed by atoms with Crippen LogP contribution in [-0.2, 0) is 4.79 Å². The number of nitrogens with two attached hydrogens (primary N) is 1. The van der Waals surface area contributed by atoms with Crippen molar-refractivity contribution in [2.24, 2.45) is 11.7 Å². The van der Waals surface area contributed by atoms with Crippen LogP contribution in [0.1, 0.15) is 35.8 Å². The molecule has 1 aromatic rings. The molecule has 0 saturated heterocycles. The maximum atomic E-state index is 11.2. The quantitative estimate of drug-likeness (QED) is 0.841. The Morgan fingerprint density at radius 1 is 1.44 bits per heavy atom. The summed E-state index contributed by atoms with van der Waals surface area (Å²) in [6, 6.07) is 5.86. The molecule has 1 unspecified atom stereocenters. The zero-order valence-corrected chi connectivity index (χ0v) is 10.3. The van der Waals surface area contributed by atoms with Crippen LogP contribution < -0.4 is 10.5 Å². The highest BCUT2D eigenvalue weighted by Crippen LogP contribution is 2.57. The molecule has 1 amide bonds. The third-order valence-electron chi connectivity index (χ3n) is 4.41. The van der Waals surface area contributed by atoms with E-state index in [1.807, 2.05) is 18.2 Å². The summed E-state index contributed by atoms with van der Waals surface area (Å²) in [5, 5.41) is 10.0. The van der Waals surface area contributed by atoms with Gasteiger partial charge in [0.25, 0.3) is 0 Å². The summed E-state index contributed by atoms with van der Waals surface area (Å²) in [5.74, 6) is 0.988. The molecule has 0 spiro atoms. The van der Waals surface area contributed by atoms with Crippen molar-refractivity contribution in [1.82, 2.24) is 0 Å².